The van der Waals surface area contributed by atoms with Crippen molar-refractivity contribution in [2.24, 2.45) is 5.92 Å². The molecule has 0 fully saturated rings. The second-order valence-corrected chi connectivity index (χ2v) is 4.90. The van der Waals surface area contributed by atoms with E-state index in [4.69, 9.17) is 0 Å². The lowest BCUT2D eigenvalue weighted by molar-refractivity contribution is 0.355. The largest absolute Gasteiger partial charge is 0.0802 e. The smallest absolute Gasteiger partial charge is 0.0195 e. The van der Waals surface area contributed by atoms with E-state index in [1.807, 2.05) is 0 Å². The van der Waals surface area contributed by atoms with Crippen molar-refractivity contribution in [1.29, 1.82) is 0 Å². The highest BCUT2D eigenvalue weighted by atomic mass is 14.4. The van der Waals surface area contributed by atoms with Crippen LogP contribution < -0.4 is 0 Å². The minimum Gasteiger partial charge on any atom is -0.0802 e. The lowest BCUT2D eigenvalue weighted by atomic mass is 9.65. The molecule has 0 radical (unpaired) electrons. The third kappa shape index (κ3) is 2.22. The fraction of sp³-hybridized carbons (Fsp3) is 0.412. The molecule has 1 aromatic rings. The summed E-state index contributed by atoms with van der Waals surface area (Å²) in [6.07, 6.45) is 12.9. The van der Waals surface area contributed by atoms with E-state index in [1.54, 1.807) is 0 Å². The highest BCUT2D eigenvalue weighted by Gasteiger charge is 2.35. The van der Waals surface area contributed by atoms with Crippen LogP contribution in [-0.2, 0) is 5.41 Å². The summed E-state index contributed by atoms with van der Waals surface area (Å²) in [5.41, 5.74) is 1.67. The van der Waals surface area contributed by atoms with Crippen molar-refractivity contribution in [2.45, 2.75) is 38.5 Å². The molecule has 0 aliphatic heterocycles. The van der Waals surface area contributed by atoms with Gasteiger partial charge in [-0.3, -0.25) is 0 Å². The molecule has 0 aromatic heterocycles. The average Bonchev–Trinajstić information content (AvgIpc) is 2.41. The standard InChI is InChI=1S/C17H22/c1-3-10-15-13-8-9-14-17(15,4-2)16-11-6-5-7-12-16/h5-9,11-15H,3-4,10H2,1-2H3. The van der Waals surface area contributed by atoms with E-state index in [0.717, 1.165) is 0 Å². The normalized spacial score (nSPS) is 27.3. The van der Waals surface area contributed by atoms with E-state index in [0.29, 0.717) is 5.92 Å². The maximum absolute atomic E-state index is 2.41. The molecule has 1 aliphatic carbocycles. The maximum atomic E-state index is 2.41. The third-order valence-corrected chi connectivity index (χ3v) is 4.01. The molecule has 0 heterocycles. The first-order chi connectivity index (χ1) is 8.33. The van der Waals surface area contributed by atoms with Crippen molar-refractivity contribution in [3.63, 3.8) is 0 Å². The summed E-state index contributed by atoms with van der Waals surface area (Å²) in [5.74, 6) is 0.643. The Morgan fingerprint density at radius 3 is 2.47 bits per heavy atom. The van der Waals surface area contributed by atoms with Gasteiger partial charge < -0.3 is 0 Å². The zero-order chi connectivity index (χ0) is 12.1. The van der Waals surface area contributed by atoms with Gasteiger partial charge in [0.15, 0.2) is 0 Å². The first-order valence-electron chi connectivity index (χ1n) is 6.75. The van der Waals surface area contributed by atoms with Crippen LogP contribution in [0.4, 0.5) is 0 Å². The van der Waals surface area contributed by atoms with Crippen molar-refractivity contribution < 1.29 is 0 Å². The predicted molar refractivity (Wildman–Crippen MR) is 75.1 cm³/mol. The summed E-state index contributed by atoms with van der Waals surface area (Å²) in [7, 11) is 0. The number of benzene rings is 1. The highest BCUT2D eigenvalue weighted by molar-refractivity contribution is 5.37. The van der Waals surface area contributed by atoms with Gasteiger partial charge in [0.2, 0.25) is 0 Å². The number of hydrogen-bond acceptors (Lipinski definition) is 0. The summed E-state index contributed by atoms with van der Waals surface area (Å²) in [6.45, 7) is 4.58. The number of rotatable bonds is 4. The lowest BCUT2D eigenvalue weighted by Crippen LogP contribution is -2.33. The fourth-order valence-corrected chi connectivity index (χ4v) is 3.03. The predicted octanol–water partition coefficient (Wildman–Crippen LogP) is 4.88. The second-order valence-electron chi connectivity index (χ2n) is 4.90. The van der Waals surface area contributed by atoms with Gasteiger partial charge in [-0.05, 0) is 24.3 Å². The first kappa shape index (κ1) is 12.2. The Balaban J connectivity index is 2.41. The Kier molecular flexibility index (Phi) is 3.83. The molecule has 0 N–H and O–H groups in total. The van der Waals surface area contributed by atoms with Gasteiger partial charge >= 0.3 is 0 Å². The summed E-state index contributed by atoms with van der Waals surface area (Å²) < 4.78 is 0. The van der Waals surface area contributed by atoms with Crippen LogP contribution in [0.5, 0.6) is 0 Å². The van der Waals surface area contributed by atoms with E-state index in [2.05, 4.69) is 68.5 Å². The van der Waals surface area contributed by atoms with E-state index < -0.39 is 0 Å². The van der Waals surface area contributed by atoms with E-state index in [-0.39, 0.29) is 5.41 Å². The summed E-state index contributed by atoms with van der Waals surface area (Å²) in [5, 5.41) is 0. The lowest BCUT2D eigenvalue weighted by Gasteiger charge is -2.38. The maximum Gasteiger partial charge on any atom is 0.0195 e. The minimum atomic E-state index is 0.214. The Morgan fingerprint density at radius 1 is 1.06 bits per heavy atom. The molecule has 0 heteroatoms. The molecule has 1 aliphatic rings. The molecular formula is C17H22. The van der Waals surface area contributed by atoms with Crippen molar-refractivity contribution in [3.8, 4) is 0 Å². The van der Waals surface area contributed by atoms with Crippen molar-refractivity contribution in [1.82, 2.24) is 0 Å². The van der Waals surface area contributed by atoms with E-state index in [9.17, 15) is 0 Å². The third-order valence-electron chi connectivity index (χ3n) is 4.01. The number of hydrogen-bond donors (Lipinski definition) is 0. The summed E-state index contributed by atoms with van der Waals surface area (Å²) >= 11 is 0. The average molecular weight is 226 g/mol. The van der Waals surface area contributed by atoms with Crippen LogP contribution in [-0.4, -0.2) is 0 Å². The summed E-state index contributed by atoms with van der Waals surface area (Å²) in [6, 6.07) is 11.0. The van der Waals surface area contributed by atoms with Gasteiger partial charge in [0.05, 0.1) is 0 Å². The van der Waals surface area contributed by atoms with E-state index >= 15 is 0 Å². The molecule has 2 atom stereocenters. The number of allylic oxidation sites excluding steroid dienone is 4. The molecule has 2 rings (SSSR count). The van der Waals surface area contributed by atoms with Crippen molar-refractivity contribution >= 4 is 0 Å². The molecule has 1 aromatic carbocycles. The van der Waals surface area contributed by atoms with Gasteiger partial charge in [-0.2, -0.15) is 0 Å². The molecule has 0 nitrogen and oxygen atoms in total. The molecule has 17 heavy (non-hydrogen) atoms. The van der Waals surface area contributed by atoms with Gasteiger partial charge in [0, 0.05) is 5.41 Å². The van der Waals surface area contributed by atoms with Crippen LogP contribution >= 0.6 is 0 Å². The molecule has 0 spiro atoms. The minimum absolute atomic E-state index is 0.214. The first-order valence-corrected chi connectivity index (χ1v) is 6.75. The SMILES string of the molecule is CCCC1C=CC=CC1(CC)c1ccccc1. The Bertz CT molecular complexity index is 399. The monoisotopic (exact) mass is 226 g/mol. The van der Waals surface area contributed by atoms with Crippen molar-refractivity contribution in [3.05, 3.63) is 60.2 Å². The molecular weight excluding hydrogens is 204 g/mol. The van der Waals surface area contributed by atoms with Crippen LogP contribution in [0.1, 0.15) is 38.7 Å². The Hall–Kier alpha value is -1.30. The molecule has 0 bridgehead atoms. The quantitative estimate of drug-likeness (QED) is 0.686. The Labute approximate surface area is 105 Å². The molecule has 0 saturated carbocycles. The van der Waals surface area contributed by atoms with Crippen LogP contribution in [0.2, 0.25) is 0 Å². The van der Waals surface area contributed by atoms with E-state index in [1.165, 1.54) is 24.8 Å². The van der Waals surface area contributed by atoms with Crippen molar-refractivity contribution in [2.75, 3.05) is 0 Å². The summed E-state index contributed by atoms with van der Waals surface area (Å²) in [4.78, 5) is 0. The molecule has 90 valence electrons. The van der Waals surface area contributed by atoms with Gasteiger partial charge in [0.25, 0.3) is 0 Å². The van der Waals surface area contributed by atoms with Crippen LogP contribution in [0, 0.1) is 5.92 Å². The zero-order valence-corrected chi connectivity index (χ0v) is 10.9. The van der Waals surface area contributed by atoms with Gasteiger partial charge in [-0.25, -0.2) is 0 Å². The highest BCUT2D eigenvalue weighted by Crippen LogP contribution is 2.42. The van der Waals surface area contributed by atoms with Crippen LogP contribution in [0.15, 0.2) is 54.6 Å². The van der Waals surface area contributed by atoms with Crippen LogP contribution in [0.25, 0.3) is 0 Å². The van der Waals surface area contributed by atoms with Gasteiger partial charge in [0.1, 0.15) is 0 Å². The Morgan fingerprint density at radius 2 is 1.82 bits per heavy atom. The van der Waals surface area contributed by atoms with Crippen LogP contribution in [0.3, 0.4) is 0 Å². The molecule has 0 saturated heterocycles. The zero-order valence-electron chi connectivity index (χ0n) is 10.9. The fourth-order valence-electron chi connectivity index (χ4n) is 3.03. The van der Waals surface area contributed by atoms with Gasteiger partial charge in [-0.15, -0.1) is 0 Å². The molecule has 0 amide bonds. The molecule has 2 unspecified atom stereocenters. The topological polar surface area (TPSA) is 0 Å². The second kappa shape index (κ2) is 5.35. The van der Waals surface area contributed by atoms with Gasteiger partial charge in [-0.1, -0.05) is 74.9 Å².